The van der Waals surface area contributed by atoms with Gasteiger partial charge in [0.2, 0.25) is 0 Å². The second-order valence-corrected chi connectivity index (χ2v) is 8.44. The lowest BCUT2D eigenvalue weighted by molar-refractivity contribution is 0.0458. The van der Waals surface area contributed by atoms with Crippen LogP contribution < -0.4 is 0 Å². The highest BCUT2D eigenvalue weighted by Crippen LogP contribution is 2.34. The normalized spacial score (nSPS) is 13.3. The van der Waals surface area contributed by atoms with E-state index in [9.17, 15) is 9.18 Å². The van der Waals surface area contributed by atoms with Gasteiger partial charge in [0, 0.05) is 5.56 Å². The monoisotopic (exact) mass is 469 g/mol. The van der Waals surface area contributed by atoms with Crippen molar-refractivity contribution >= 4 is 17.0 Å². The number of tetrazole rings is 1. The van der Waals surface area contributed by atoms with E-state index >= 15 is 0 Å². The van der Waals surface area contributed by atoms with Crippen molar-refractivity contribution in [2.75, 3.05) is 0 Å². The smallest absolute Gasteiger partial charge is 0.339 e. The summed E-state index contributed by atoms with van der Waals surface area (Å²) in [4.78, 5) is 18.0. The summed E-state index contributed by atoms with van der Waals surface area (Å²) in [7, 11) is 0. The summed E-state index contributed by atoms with van der Waals surface area (Å²) in [6.07, 6.45) is 3.62. The Bertz CT molecular complexity index is 1530. The zero-order chi connectivity index (χ0) is 23.8. The predicted octanol–water partition coefficient (Wildman–Crippen LogP) is 3.96. The number of halogens is 1. The fraction of sp³-hybridized carbons (Fsp3) is 0.200. The third-order valence-corrected chi connectivity index (χ3v) is 5.91. The van der Waals surface area contributed by atoms with Gasteiger partial charge in [-0.25, -0.2) is 23.5 Å². The molecule has 3 aromatic heterocycles. The maximum atomic E-state index is 13.7. The molecule has 1 saturated carbocycles. The number of esters is 1. The van der Waals surface area contributed by atoms with Crippen molar-refractivity contribution in [2.24, 2.45) is 0 Å². The van der Waals surface area contributed by atoms with Crippen molar-refractivity contribution in [1.82, 2.24) is 35.0 Å². The Morgan fingerprint density at radius 3 is 2.74 bits per heavy atom. The minimum atomic E-state index is -0.523. The number of carbonyl (C=O) groups is 1. The molecule has 35 heavy (non-hydrogen) atoms. The van der Waals surface area contributed by atoms with E-state index in [1.807, 2.05) is 36.4 Å². The van der Waals surface area contributed by atoms with Crippen molar-refractivity contribution in [2.45, 2.75) is 32.0 Å². The number of nitrogens with zero attached hydrogens (tertiary/aromatic N) is 7. The van der Waals surface area contributed by atoms with Crippen LogP contribution in [0.15, 0.2) is 66.9 Å². The third kappa shape index (κ3) is 4.25. The maximum Gasteiger partial charge on any atom is 0.339 e. The molecule has 0 spiro atoms. The number of aromatic nitrogens is 7. The van der Waals surface area contributed by atoms with Gasteiger partial charge in [0.15, 0.2) is 18.1 Å². The second-order valence-electron chi connectivity index (χ2n) is 8.44. The van der Waals surface area contributed by atoms with Crippen LogP contribution in [0.5, 0.6) is 0 Å². The highest BCUT2D eigenvalue weighted by Gasteiger charge is 2.28. The van der Waals surface area contributed by atoms with Gasteiger partial charge >= 0.3 is 5.97 Å². The van der Waals surface area contributed by atoms with Crippen LogP contribution in [-0.2, 0) is 17.9 Å². The van der Waals surface area contributed by atoms with Crippen LogP contribution >= 0.6 is 0 Å². The minimum absolute atomic E-state index is 0.0375. The molecular formula is C25H20FN7O2. The number of fused-ring (bicyclic) bond motifs is 1. The number of benzene rings is 2. The summed E-state index contributed by atoms with van der Waals surface area (Å²) in [5.74, 6) is -0.337. The minimum Gasteiger partial charge on any atom is -0.454 e. The van der Waals surface area contributed by atoms with E-state index in [-0.39, 0.29) is 18.5 Å². The van der Waals surface area contributed by atoms with Crippen LogP contribution in [0.3, 0.4) is 0 Å². The summed E-state index contributed by atoms with van der Waals surface area (Å²) in [6.45, 7) is 0.265. The van der Waals surface area contributed by atoms with Crippen LogP contribution in [0.25, 0.3) is 22.3 Å². The van der Waals surface area contributed by atoms with E-state index in [0.29, 0.717) is 34.7 Å². The summed E-state index contributed by atoms with van der Waals surface area (Å²) in [5.41, 5.74) is 3.03. The molecule has 1 aliphatic rings. The van der Waals surface area contributed by atoms with E-state index < -0.39 is 5.97 Å². The molecule has 0 atom stereocenters. The summed E-state index contributed by atoms with van der Waals surface area (Å²) >= 11 is 0. The quantitative estimate of drug-likeness (QED) is 0.333. The fourth-order valence-corrected chi connectivity index (χ4v) is 4.02. The fourth-order valence-electron chi connectivity index (χ4n) is 4.02. The SMILES string of the molecule is O=C(OCc1nnnn1C1CC1)c1cc(-c2ccccc2)nc2c1cnn2Cc1cccc(F)c1. The third-order valence-electron chi connectivity index (χ3n) is 5.91. The molecule has 1 aliphatic carbocycles. The van der Waals surface area contributed by atoms with Crippen LogP contribution in [0, 0.1) is 5.82 Å². The molecule has 5 aromatic rings. The molecule has 0 aliphatic heterocycles. The van der Waals surface area contributed by atoms with Gasteiger partial charge in [-0.3, -0.25) is 0 Å². The summed E-state index contributed by atoms with van der Waals surface area (Å²) in [6, 6.07) is 17.8. The molecule has 9 nitrogen and oxygen atoms in total. The topological polar surface area (TPSA) is 101 Å². The molecule has 1 fully saturated rings. The first-order valence-electron chi connectivity index (χ1n) is 11.3. The number of carbonyl (C=O) groups excluding carboxylic acids is 1. The van der Waals surface area contributed by atoms with Gasteiger partial charge in [0.05, 0.1) is 35.4 Å². The Balaban J connectivity index is 1.37. The number of hydrogen-bond acceptors (Lipinski definition) is 7. The van der Waals surface area contributed by atoms with Crippen molar-refractivity contribution in [3.63, 3.8) is 0 Å². The van der Waals surface area contributed by atoms with Crippen LogP contribution in [-0.4, -0.2) is 40.9 Å². The molecule has 174 valence electrons. The van der Waals surface area contributed by atoms with Crippen LogP contribution in [0.2, 0.25) is 0 Å². The number of rotatable bonds is 7. The highest BCUT2D eigenvalue weighted by molar-refractivity contribution is 6.03. The first-order chi connectivity index (χ1) is 17.2. The molecule has 3 heterocycles. The van der Waals surface area contributed by atoms with Gasteiger partial charge in [0.1, 0.15) is 5.82 Å². The first-order valence-corrected chi connectivity index (χ1v) is 11.3. The number of hydrogen-bond donors (Lipinski definition) is 0. The molecule has 0 saturated heterocycles. The highest BCUT2D eigenvalue weighted by atomic mass is 19.1. The van der Waals surface area contributed by atoms with Gasteiger partial charge in [-0.15, -0.1) is 5.10 Å². The predicted molar refractivity (Wildman–Crippen MR) is 124 cm³/mol. The van der Waals surface area contributed by atoms with Gasteiger partial charge in [-0.2, -0.15) is 5.10 Å². The van der Waals surface area contributed by atoms with Gasteiger partial charge < -0.3 is 4.74 Å². The Morgan fingerprint density at radius 1 is 1.09 bits per heavy atom. The largest absolute Gasteiger partial charge is 0.454 e. The van der Waals surface area contributed by atoms with Crippen molar-refractivity contribution in [3.05, 3.63) is 89.6 Å². The second kappa shape index (κ2) is 8.71. The molecular weight excluding hydrogens is 449 g/mol. The molecule has 6 rings (SSSR count). The molecule has 2 aromatic carbocycles. The Hall–Kier alpha value is -4.47. The summed E-state index contributed by atoms with van der Waals surface area (Å²) in [5, 5.41) is 16.7. The average Bonchev–Trinajstić information content (AvgIpc) is 3.48. The van der Waals surface area contributed by atoms with E-state index in [4.69, 9.17) is 9.72 Å². The zero-order valence-corrected chi connectivity index (χ0v) is 18.6. The van der Waals surface area contributed by atoms with Crippen LogP contribution in [0.1, 0.15) is 40.6 Å². The number of ether oxygens (including phenoxy) is 1. The Kier molecular flexibility index (Phi) is 5.25. The molecule has 0 unspecified atom stereocenters. The van der Waals surface area contributed by atoms with Crippen LogP contribution in [0.4, 0.5) is 4.39 Å². The molecule has 0 N–H and O–H groups in total. The first kappa shape index (κ1) is 21.1. The van der Waals surface area contributed by atoms with E-state index in [0.717, 1.165) is 24.0 Å². The van der Waals surface area contributed by atoms with Gasteiger partial charge in [-0.05, 0) is 47.0 Å². The maximum absolute atomic E-state index is 13.7. The molecule has 0 radical (unpaired) electrons. The molecule has 10 heteroatoms. The average molecular weight is 469 g/mol. The lowest BCUT2D eigenvalue weighted by Crippen LogP contribution is -2.11. The van der Waals surface area contributed by atoms with Gasteiger partial charge in [-0.1, -0.05) is 42.5 Å². The standard InChI is InChI=1S/C25H20FN7O2/c26-18-8-4-5-16(11-18)14-32-24-21(13-27-32)20(12-22(28-24)17-6-2-1-3-7-17)25(34)35-15-23-29-30-31-33(23)19-9-10-19/h1-8,11-13,19H,9-10,14-15H2. The molecule has 0 amide bonds. The van der Waals surface area contributed by atoms with E-state index in [1.165, 1.54) is 12.1 Å². The molecule has 0 bridgehead atoms. The van der Waals surface area contributed by atoms with Crippen molar-refractivity contribution in [3.8, 4) is 11.3 Å². The van der Waals surface area contributed by atoms with Crippen molar-refractivity contribution in [1.29, 1.82) is 0 Å². The zero-order valence-electron chi connectivity index (χ0n) is 18.6. The lowest BCUT2D eigenvalue weighted by Gasteiger charge is -2.10. The number of pyridine rings is 1. The van der Waals surface area contributed by atoms with Crippen molar-refractivity contribution < 1.29 is 13.9 Å². The Labute approximate surface area is 199 Å². The Morgan fingerprint density at radius 2 is 1.94 bits per heavy atom. The lowest BCUT2D eigenvalue weighted by atomic mass is 10.1. The van der Waals surface area contributed by atoms with Gasteiger partial charge in [0.25, 0.3) is 0 Å². The van der Waals surface area contributed by atoms with E-state index in [1.54, 1.807) is 27.7 Å². The summed E-state index contributed by atoms with van der Waals surface area (Å²) < 4.78 is 22.7. The van der Waals surface area contributed by atoms with E-state index in [2.05, 4.69) is 20.6 Å².